The largest absolute Gasteiger partial charge is 0.350 e. The highest BCUT2D eigenvalue weighted by atomic mass is 16.1. The minimum Gasteiger partial charge on any atom is -0.350 e. The van der Waals surface area contributed by atoms with Gasteiger partial charge in [0.05, 0.1) is 17.6 Å². The van der Waals surface area contributed by atoms with Gasteiger partial charge in [-0.2, -0.15) is 5.10 Å². The number of benzene rings is 2. The fourth-order valence-corrected chi connectivity index (χ4v) is 3.06. The first-order valence-corrected chi connectivity index (χ1v) is 8.52. The number of hydrogen-bond acceptors (Lipinski definition) is 3. The first-order valence-electron chi connectivity index (χ1n) is 8.52. The van der Waals surface area contributed by atoms with Crippen LogP contribution in [0.5, 0.6) is 0 Å². The summed E-state index contributed by atoms with van der Waals surface area (Å²) >= 11 is 0. The van der Waals surface area contributed by atoms with Crippen molar-refractivity contribution in [2.45, 2.75) is 13.5 Å². The van der Waals surface area contributed by atoms with Crippen LogP contribution in [0.25, 0.3) is 16.7 Å². The Balaban J connectivity index is 1.55. The Bertz CT molecular complexity index is 1030. The highest BCUT2D eigenvalue weighted by Gasteiger charge is 2.12. The minimum absolute atomic E-state index is 0.106. The fraction of sp³-hybridized carbons (Fsp3) is 0.150. The molecule has 2 aromatic carbocycles. The molecule has 0 saturated heterocycles. The van der Waals surface area contributed by atoms with Gasteiger partial charge in [0, 0.05) is 30.2 Å². The molecule has 1 N–H and O–H groups in total. The Kier molecular flexibility index (Phi) is 4.23. The van der Waals surface area contributed by atoms with E-state index in [-0.39, 0.29) is 5.91 Å². The third-order valence-corrected chi connectivity index (χ3v) is 4.28. The van der Waals surface area contributed by atoms with Crippen molar-refractivity contribution >= 4 is 16.9 Å². The van der Waals surface area contributed by atoms with Crippen molar-refractivity contribution in [1.29, 1.82) is 0 Å². The molecule has 0 atom stereocenters. The molecule has 0 fully saturated rings. The van der Waals surface area contributed by atoms with Gasteiger partial charge in [-0.15, -0.1) is 0 Å². The second kappa shape index (κ2) is 6.84. The van der Waals surface area contributed by atoms with E-state index in [9.17, 15) is 4.79 Å². The first-order chi connectivity index (χ1) is 12.7. The molecule has 0 unspecified atom stereocenters. The molecule has 0 aliphatic heterocycles. The Morgan fingerprint density at radius 2 is 1.96 bits per heavy atom. The van der Waals surface area contributed by atoms with Gasteiger partial charge >= 0.3 is 0 Å². The molecule has 4 rings (SSSR count). The van der Waals surface area contributed by atoms with Crippen molar-refractivity contribution in [3.05, 3.63) is 78.4 Å². The monoisotopic (exact) mass is 345 g/mol. The highest BCUT2D eigenvalue weighted by molar-refractivity contribution is 5.97. The molecular weight excluding hydrogens is 326 g/mol. The number of imidazole rings is 1. The number of carbonyl (C=O) groups is 1. The van der Waals surface area contributed by atoms with E-state index in [1.54, 1.807) is 10.9 Å². The van der Waals surface area contributed by atoms with E-state index in [0.717, 1.165) is 22.5 Å². The molecule has 0 radical (unpaired) electrons. The lowest BCUT2D eigenvalue weighted by Crippen LogP contribution is -2.27. The van der Waals surface area contributed by atoms with Crippen LogP contribution in [0.15, 0.2) is 67.0 Å². The molecular formula is C20H19N5O. The Morgan fingerprint density at radius 3 is 2.73 bits per heavy atom. The summed E-state index contributed by atoms with van der Waals surface area (Å²) in [5, 5.41) is 7.04. The lowest BCUT2D eigenvalue weighted by Gasteiger charge is -2.07. The predicted molar refractivity (Wildman–Crippen MR) is 100 cm³/mol. The molecule has 0 bridgehead atoms. The van der Waals surface area contributed by atoms with Gasteiger partial charge in [-0.25, -0.2) is 4.98 Å². The quantitative estimate of drug-likeness (QED) is 0.605. The van der Waals surface area contributed by atoms with Crippen molar-refractivity contribution in [2.75, 3.05) is 6.54 Å². The molecule has 0 saturated carbocycles. The molecule has 6 heteroatoms. The zero-order valence-electron chi connectivity index (χ0n) is 14.5. The third kappa shape index (κ3) is 3.09. The zero-order chi connectivity index (χ0) is 17.9. The normalized spacial score (nSPS) is 11.0. The van der Waals surface area contributed by atoms with Gasteiger partial charge in [0.15, 0.2) is 0 Å². The van der Waals surface area contributed by atoms with Crippen LogP contribution in [0.1, 0.15) is 16.2 Å². The summed E-state index contributed by atoms with van der Waals surface area (Å²) in [5.41, 5.74) is 3.47. The van der Waals surface area contributed by atoms with Crippen LogP contribution < -0.4 is 5.32 Å². The highest BCUT2D eigenvalue weighted by Crippen LogP contribution is 2.22. The van der Waals surface area contributed by atoms with E-state index in [1.165, 1.54) is 0 Å². The molecule has 0 aliphatic rings. The number of rotatable bonds is 5. The molecule has 0 aliphatic carbocycles. The summed E-state index contributed by atoms with van der Waals surface area (Å²) in [7, 11) is 0. The van der Waals surface area contributed by atoms with Gasteiger partial charge in [-0.3, -0.25) is 14.0 Å². The number of aryl methyl sites for hydroxylation is 1. The van der Waals surface area contributed by atoms with Crippen molar-refractivity contribution in [3.8, 4) is 5.69 Å². The second-order valence-corrected chi connectivity index (χ2v) is 6.06. The molecule has 130 valence electrons. The summed E-state index contributed by atoms with van der Waals surface area (Å²) in [6.45, 7) is 3.13. The summed E-state index contributed by atoms with van der Waals surface area (Å²) in [5.74, 6) is 0.786. The summed E-state index contributed by atoms with van der Waals surface area (Å²) in [6, 6.07) is 17.6. The summed E-state index contributed by atoms with van der Waals surface area (Å²) in [6.07, 6.45) is 3.60. The van der Waals surface area contributed by atoms with Gasteiger partial charge in [0.1, 0.15) is 5.82 Å². The third-order valence-electron chi connectivity index (χ3n) is 4.28. The number of amides is 1. The molecule has 2 heterocycles. The van der Waals surface area contributed by atoms with Crippen LogP contribution in [0, 0.1) is 6.92 Å². The van der Waals surface area contributed by atoms with E-state index < -0.39 is 0 Å². The molecule has 2 aromatic heterocycles. The number of hydrogen-bond donors (Lipinski definition) is 1. The number of fused-ring (bicyclic) bond motifs is 1. The van der Waals surface area contributed by atoms with Crippen LogP contribution >= 0.6 is 0 Å². The molecule has 4 aromatic rings. The molecule has 0 spiro atoms. The van der Waals surface area contributed by atoms with Crippen molar-refractivity contribution in [1.82, 2.24) is 24.6 Å². The summed E-state index contributed by atoms with van der Waals surface area (Å²) in [4.78, 5) is 17.0. The van der Waals surface area contributed by atoms with Crippen LogP contribution in [-0.2, 0) is 6.54 Å². The van der Waals surface area contributed by atoms with E-state index in [1.807, 2.05) is 67.7 Å². The van der Waals surface area contributed by atoms with Crippen molar-refractivity contribution in [2.24, 2.45) is 0 Å². The lowest BCUT2D eigenvalue weighted by molar-refractivity contribution is 0.0952. The average Bonchev–Trinajstić information content (AvgIpc) is 3.28. The number of para-hydroxylation sites is 1. The van der Waals surface area contributed by atoms with Crippen LogP contribution in [0.2, 0.25) is 0 Å². The van der Waals surface area contributed by atoms with Gasteiger partial charge < -0.3 is 5.32 Å². The van der Waals surface area contributed by atoms with Crippen molar-refractivity contribution < 1.29 is 4.79 Å². The number of nitrogens with one attached hydrogen (secondary N) is 1. The maximum Gasteiger partial charge on any atom is 0.251 e. The standard InChI is InChI=1S/C20H19N5O/c1-15-23-18-14-16(20(26)21-11-13-24-12-5-10-22-24)8-9-19(18)25(15)17-6-3-2-4-7-17/h2-10,12,14H,11,13H2,1H3,(H,21,26). The van der Waals surface area contributed by atoms with Crippen LogP contribution in [0.3, 0.4) is 0 Å². The Labute approximate surface area is 151 Å². The van der Waals surface area contributed by atoms with E-state index in [0.29, 0.717) is 18.7 Å². The maximum absolute atomic E-state index is 12.4. The van der Waals surface area contributed by atoms with Gasteiger partial charge in [-0.1, -0.05) is 18.2 Å². The SMILES string of the molecule is Cc1nc2cc(C(=O)NCCn3cccn3)ccc2n1-c1ccccc1. The van der Waals surface area contributed by atoms with Crippen LogP contribution in [0.4, 0.5) is 0 Å². The predicted octanol–water partition coefficient (Wildman–Crippen LogP) is 2.96. The molecule has 6 nitrogen and oxygen atoms in total. The van der Waals surface area contributed by atoms with E-state index in [4.69, 9.17) is 0 Å². The Hall–Kier alpha value is -3.41. The molecule has 1 amide bonds. The van der Waals surface area contributed by atoms with Gasteiger partial charge in [0.2, 0.25) is 0 Å². The first kappa shape index (κ1) is 16.1. The smallest absolute Gasteiger partial charge is 0.251 e. The second-order valence-electron chi connectivity index (χ2n) is 6.06. The fourth-order valence-electron chi connectivity index (χ4n) is 3.06. The van der Waals surface area contributed by atoms with E-state index in [2.05, 4.69) is 20.0 Å². The topological polar surface area (TPSA) is 64.7 Å². The Morgan fingerprint density at radius 1 is 1.12 bits per heavy atom. The number of nitrogens with zero attached hydrogens (tertiary/aromatic N) is 4. The number of aromatic nitrogens is 4. The lowest BCUT2D eigenvalue weighted by atomic mass is 10.2. The van der Waals surface area contributed by atoms with Crippen LogP contribution in [-0.4, -0.2) is 31.8 Å². The van der Waals surface area contributed by atoms with Gasteiger partial charge in [0.25, 0.3) is 5.91 Å². The van der Waals surface area contributed by atoms with Gasteiger partial charge in [-0.05, 0) is 43.3 Å². The number of carbonyl (C=O) groups excluding carboxylic acids is 1. The maximum atomic E-state index is 12.4. The van der Waals surface area contributed by atoms with Crippen molar-refractivity contribution in [3.63, 3.8) is 0 Å². The average molecular weight is 345 g/mol. The minimum atomic E-state index is -0.106. The summed E-state index contributed by atoms with van der Waals surface area (Å²) < 4.78 is 3.88. The zero-order valence-corrected chi connectivity index (χ0v) is 14.5. The molecule has 26 heavy (non-hydrogen) atoms. The van der Waals surface area contributed by atoms with E-state index >= 15 is 0 Å².